The van der Waals surface area contributed by atoms with E-state index in [1.807, 2.05) is 19.9 Å². The molecule has 7 nitrogen and oxygen atoms in total. The van der Waals surface area contributed by atoms with Crippen LogP contribution in [0.4, 0.5) is 5.69 Å². The maximum absolute atomic E-state index is 11.8. The molecule has 0 radical (unpaired) electrons. The van der Waals surface area contributed by atoms with Crippen molar-refractivity contribution in [3.05, 3.63) is 59.4 Å². The fraction of sp³-hybridized carbons (Fsp3) is 0.483. The van der Waals surface area contributed by atoms with Gasteiger partial charge in [0.1, 0.15) is 6.29 Å². The minimum atomic E-state index is 0.199. The van der Waals surface area contributed by atoms with Crippen LogP contribution < -0.4 is 4.90 Å². The number of rotatable bonds is 5. The van der Waals surface area contributed by atoms with Crippen molar-refractivity contribution in [2.24, 2.45) is 0 Å². The summed E-state index contributed by atoms with van der Waals surface area (Å²) in [5, 5.41) is 7.00. The van der Waals surface area contributed by atoms with Crippen molar-refractivity contribution in [1.82, 2.24) is 9.30 Å². The third-order valence-corrected chi connectivity index (χ3v) is 6.92. The Morgan fingerprint density at radius 1 is 0.889 bits per heavy atom. The van der Waals surface area contributed by atoms with Crippen LogP contribution in [0.3, 0.4) is 0 Å². The van der Waals surface area contributed by atoms with Crippen LogP contribution in [0.15, 0.2) is 42.6 Å². The number of ether oxygens (including phenoxy) is 2. The molecule has 2 aliphatic rings. The minimum absolute atomic E-state index is 0.199. The van der Waals surface area contributed by atoms with Gasteiger partial charge in [0.05, 0.1) is 26.4 Å². The molecular formula is C29H41N3O4. The molecule has 0 aliphatic carbocycles. The predicted molar refractivity (Wildman–Crippen MR) is 146 cm³/mol. The van der Waals surface area contributed by atoms with Crippen LogP contribution in [0.25, 0.3) is 16.6 Å². The smallest absolute Gasteiger partial charge is 0.150 e. The van der Waals surface area contributed by atoms with Gasteiger partial charge in [-0.2, -0.15) is 0 Å². The van der Waals surface area contributed by atoms with Crippen molar-refractivity contribution >= 4 is 17.5 Å². The fourth-order valence-corrected chi connectivity index (χ4v) is 5.01. The van der Waals surface area contributed by atoms with Crippen LogP contribution in [0.1, 0.15) is 48.4 Å². The number of morpholine rings is 2. The zero-order chi connectivity index (χ0) is 26.1. The number of benzene rings is 1. The largest absolute Gasteiger partial charge is 0.400 e. The summed E-state index contributed by atoms with van der Waals surface area (Å²) in [5.41, 5.74) is 7.64. The number of aliphatic hydroxyl groups excluding tert-OH is 1. The third kappa shape index (κ3) is 5.98. The number of carbonyl (C=O) groups is 1. The lowest BCUT2D eigenvalue weighted by Crippen LogP contribution is -2.38. The Bertz CT molecular complexity index is 1100. The van der Waals surface area contributed by atoms with Crippen LogP contribution in [0.2, 0.25) is 0 Å². The van der Waals surface area contributed by atoms with E-state index in [1.165, 1.54) is 16.9 Å². The van der Waals surface area contributed by atoms with E-state index in [-0.39, 0.29) is 6.04 Å². The molecule has 2 saturated heterocycles. The van der Waals surface area contributed by atoms with Gasteiger partial charge in [-0.25, -0.2) is 0 Å². The van der Waals surface area contributed by atoms with Gasteiger partial charge in [0.2, 0.25) is 0 Å². The van der Waals surface area contributed by atoms with E-state index in [1.54, 1.807) is 0 Å². The van der Waals surface area contributed by atoms with E-state index in [4.69, 9.17) is 14.6 Å². The first-order chi connectivity index (χ1) is 17.7. The zero-order valence-corrected chi connectivity index (χ0v) is 22.4. The molecule has 4 heterocycles. The summed E-state index contributed by atoms with van der Waals surface area (Å²) in [6.07, 6.45) is 3.20. The van der Waals surface area contributed by atoms with Gasteiger partial charge in [-0.15, -0.1) is 0 Å². The maximum atomic E-state index is 11.8. The van der Waals surface area contributed by atoms with Crippen molar-refractivity contribution in [1.29, 1.82) is 0 Å². The van der Waals surface area contributed by atoms with E-state index in [9.17, 15) is 4.79 Å². The molecule has 1 N–H and O–H groups in total. The lowest BCUT2D eigenvalue weighted by atomic mass is 10.0. The summed E-state index contributed by atoms with van der Waals surface area (Å²) >= 11 is 0. The highest BCUT2D eigenvalue weighted by Gasteiger charge is 2.24. The summed E-state index contributed by atoms with van der Waals surface area (Å²) in [6.45, 7) is 15.1. The number of carbonyl (C=O) groups excluding carboxylic acids is 1. The molecule has 196 valence electrons. The van der Waals surface area contributed by atoms with E-state index >= 15 is 0 Å². The van der Waals surface area contributed by atoms with E-state index < -0.39 is 0 Å². The van der Waals surface area contributed by atoms with Gasteiger partial charge in [-0.3, -0.25) is 9.69 Å². The molecule has 0 spiro atoms. The van der Waals surface area contributed by atoms with Crippen molar-refractivity contribution in [2.75, 3.05) is 64.6 Å². The first kappa shape index (κ1) is 27.9. The number of aromatic nitrogens is 1. The van der Waals surface area contributed by atoms with Crippen LogP contribution in [-0.2, 0) is 9.47 Å². The molecule has 2 aromatic heterocycles. The van der Waals surface area contributed by atoms with E-state index in [0.29, 0.717) is 0 Å². The van der Waals surface area contributed by atoms with Gasteiger partial charge in [0, 0.05) is 73.6 Å². The quantitative estimate of drug-likeness (QED) is 0.522. The van der Waals surface area contributed by atoms with Crippen LogP contribution in [0, 0.1) is 6.92 Å². The summed E-state index contributed by atoms with van der Waals surface area (Å²) in [5.74, 6) is 0. The zero-order valence-electron chi connectivity index (χ0n) is 22.4. The molecule has 2 fully saturated rings. The first-order valence-corrected chi connectivity index (χ1v) is 13.0. The van der Waals surface area contributed by atoms with Crippen LogP contribution in [0.5, 0.6) is 0 Å². The highest BCUT2D eigenvalue weighted by molar-refractivity contribution is 5.82. The Hall–Kier alpha value is -2.71. The predicted octanol–water partition coefficient (Wildman–Crippen LogP) is 4.59. The summed E-state index contributed by atoms with van der Waals surface area (Å²) < 4.78 is 13.3. The third-order valence-electron chi connectivity index (χ3n) is 6.92. The maximum Gasteiger partial charge on any atom is 0.150 e. The van der Waals surface area contributed by atoms with Gasteiger partial charge >= 0.3 is 0 Å². The summed E-state index contributed by atoms with van der Waals surface area (Å²) in [7, 11) is 1.00. The number of aldehydes is 1. The number of nitrogens with zero attached hydrogens (tertiary/aromatic N) is 3. The second-order valence-electron chi connectivity index (χ2n) is 8.72. The van der Waals surface area contributed by atoms with Gasteiger partial charge < -0.3 is 23.9 Å². The Kier molecular flexibility index (Phi) is 10.5. The summed E-state index contributed by atoms with van der Waals surface area (Å²) in [4.78, 5) is 16.6. The van der Waals surface area contributed by atoms with E-state index in [2.05, 4.69) is 64.6 Å². The Labute approximate surface area is 215 Å². The molecule has 0 saturated carbocycles. The van der Waals surface area contributed by atoms with Crippen molar-refractivity contribution < 1.29 is 19.4 Å². The van der Waals surface area contributed by atoms with Crippen molar-refractivity contribution in [2.45, 2.75) is 33.7 Å². The molecule has 0 amide bonds. The average Bonchev–Trinajstić information content (AvgIpc) is 3.39. The van der Waals surface area contributed by atoms with Crippen molar-refractivity contribution in [3.63, 3.8) is 0 Å². The SMILES string of the molecule is CC.CO.Cc1c(C=O)cc2cc(-c3ccc(N4CCOCC4)cc3)cn2c1C(C)N1CCOCC1. The van der Waals surface area contributed by atoms with E-state index in [0.717, 1.165) is 88.2 Å². The lowest BCUT2D eigenvalue weighted by molar-refractivity contribution is 0.0187. The molecule has 36 heavy (non-hydrogen) atoms. The monoisotopic (exact) mass is 495 g/mol. The van der Waals surface area contributed by atoms with Crippen molar-refractivity contribution in [3.8, 4) is 11.1 Å². The molecule has 2 aliphatic heterocycles. The topological polar surface area (TPSA) is 66.6 Å². The molecule has 3 aromatic rings. The average molecular weight is 496 g/mol. The number of hydrogen-bond donors (Lipinski definition) is 1. The second-order valence-corrected chi connectivity index (χ2v) is 8.72. The molecule has 7 heteroatoms. The number of pyridine rings is 1. The molecule has 1 atom stereocenters. The molecule has 5 rings (SSSR count). The fourth-order valence-electron chi connectivity index (χ4n) is 5.01. The van der Waals surface area contributed by atoms with Crippen LogP contribution >= 0.6 is 0 Å². The summed E-state index contributed by atoms with van der Waals surface area (Å²) in [6, 6.07) is 13.2. The Morgan fingerprint density at radius 2 is 1.47 bits per heavy atom. The minimum Gasteiger partial charge on any atom is -0.400 e. The first-order valence-electron chi connectivity index (χ1n) is 13.0. The Morgan fingerprint density at radius 3 is 2.06 bits per heavy atom. The highest BCUT2D eigenvalue weighted by atomic mass is 16.5. The normalized spacial score (nSPS) is 17.0. The van der Waals surface area contributed by atoms with Crippen LogP contribution in [-0.4, -0.2) is 80.4 Å². The number of fused-ring (bicyclic) bond motifs is 1. The lowest BCUT2D eigenvalue weighted by Gasteiger charge is -2.33. The molecular weight excluding hydrogens is 454 g/mol. The molecule has 1 aromatic carbocycles. The second kappa shape index (κ2) is 13.6. The standard InChI is InChI=1S/C26H31N3O3.C2H6.CH4O/c1-19-23(18-30)16-25-15-22(17-29(25)26(19)20(2)27-7-11-31-12-8-27)21-3-5-24(6-4-21)28-9-13-32-14-10-28;2*1-2/h3-6,15-18,20H,7-14H2,1-2H3;1-2H3;2H,1H3. The molecule has 1 unspecified atom stereocenters. The van der Waals surface area contributed by atoms with Gasteiger partial charge in [0.25, 0.3) is 0 Å². The number of hydrogen-bond acceptors (Lipinski definition) is 6. The van der Waals surface area contributed by atoms with Gasteiger partial charge in [-0.1, -0.05) is 26.0 Å². The highest BCUT2D eigenvalue weighted by Crippen LogP contribution is 2.32. The number of anilines is 1. The van der Waals surface area contributed by atoms with Gasteiger partial charge in [0.15, 0.2) is 0 Å². The molecule has 0 bridgehead atoms. The number of aliphatic hydroxyl groups is 1. The Balaban J connectivity index is 0.000000861. The van der Waals surface area contributed by atoms with Gasteiger partial charge in [-0.05, 0) is 49.2 Å².